The van der Waals surface area contributed by atoms with E-state index in [1.807, 2.05) is 62.9 Å². The van der Waals surface area contributed by atoms with Gasteiger partial charge in [-0.2, -0.15) is 0 Å². The number of amides is 1. The summed E-state index contributed by atoms with van der Waals surface area (Å²) in [4.78, 5) is 15.3. The number of carbonyl (C=O) groups is 1. The van der Waals surface area contributed by atoms with Gasteiger partial charge in [0.2, 0.25) is 0 Å². The number of piperidine rings is 1. The van der Waals surface area contributed by atoms with E-state index in [1.165, 1.54) is 4.31 Å². The number of aryl methyl sites for hydroxylation is 2. The monoisotopic (exact) mass is 466 g/mol. The molecular weight excluding hydrogens is 436 g/mol. The van der Waals surface area contributed by atoms with Crippen molar-refractivity contribution >= 4 is 32.6 Å². The molecule has 3 aromatic rings. The number of rotatable bonds is 3. The minimum absolute atomic E-state index is 0.151. The molecule has 174 valence electrons. The van der Waals surface area contributed by atoms with E-state index in [9.17, 15) is 13.2 Å². The van der Waals surface area contributed by atoms with Crippen LogP contribution >= 0.6 is 0 Å². The first-order valence-electron chi connectivity index (χ1n) is 11.7. The second-order valence-corrected chi connectivity index (χ2v) is 11.2. The molecule has 2 aromatic carbocycles. The molecule has 0 aliphatic carbocycles. The number of hydrogen-bond acceptors (Lipinski definition) is 4. The standard InChI is InChI=1S/C26H30N2O4S/c1-16-14-21-19(4)23(26(29)27-12-8-5-9-13-27)32-24(21)25(18(16)3)33(30,31)28-17(2)15-20-10-6-7-11-22(20)28/h6-7,10-11,14,17H,5,8-9,12-13,15H2,1-4H3. The summed E-state index contributed by atoms with van der Waals surface area (Å²) in [5.74, 6) is 0.102. The molecule has 0 radical (unpaired) electrons. The second-order valence-electron chi connectivity index (χ2n) is 9.42. The number of sulfonamides is 1. The number of likely N-dealkylation sites (tertiary alicyclic amines) is 1. The van der Waals surface area contributed by atoms with Crippen molar-refractivity contribution in [3.8, 4) is 0 Å². The Morgan fingerprint density at radius 1 is 1.03 bits per heavy atom. The van der Waals surface area contributed by atoms with Crippen LogP contribution in [0.4, 0.5) is 5.69 Å². The summed E-state index contributed by atoms with van der Waals surface area (Å²) in [7, 11) is -3.92. The molecule has 33 heavy (non-hydrogen) atoms. The molecule has 6 nitrogen and oxygen atoms in total. The molecular formula is C26H30N2O4S. The normalized spacial score (nSPS) is 18.7. The van der Waals surface area contributed by atoms with E-state index in [2.05, 4.69) is 0 Å². The Balaban J connectivity index is 1.70. The van der Waals surface area contributed by atoms with Gasteiger partial charge in [0.1, 0.15) is 4.90 Å². The quantitative estimate of drug-likeness (QED) is 0.537. The van der Waals surface area contributed by atoms with Crippen LogP contribution in [0.25, 0.3) is 11.0 Å². The van der Waals surface area contributed by atoms with Crippen molar-refractivity contribution < 1.29 is 17.6 Å². The maximum Gasteiger partial charge on any atom is 0.289 e. The summed E-state index contributed by atoms with van der Waals surface area (Å²) < 4.78 is 36.0. The Hall–Kier alpha value is -2.80. The summed E-state index contributed by atoms with van der Waals surface area (Å²) in [6, 6.07) is 9.38. The highest BCUT2D eigenvalue weighted by molar-refractivity contribution is 7.93. The van der Waals surface area contributed by atoms with Gasteiger partial charge in [-0.15, -0.1) is 0 Å². The fourth-order valence-electron chi connectivity index (χ4n) is 5.30. The molecule has 1 fully saturated rings. The Kier molecular flexibility index (Phi) is 5.27. The van der Waals surface area contributed by atoms with Crippen LogP contribution in [-0.2, 0) is 16.4 Å². The highest BCUT2D eigenvalue weighted by Crippen LogP contribution is 2.41. The van der Waals surface area contributed by atoms with Crippen LogP contribution in [0.1, 0.15) is 59.0 Å². The van der Waals surface area contributed by atoms with E-state index >= 15 is 0 Å². The summed E-state index contributed by atoms with van der Waals surface area (Å²) >= 11 is 0. The summed E-state index contributed by atoms with van der Waals surface area (Å²) in [5, 5.41) is 0.692. The second kappa shape index (κ2) is 7.90. The van der Waals surface area contributed by atoms with Gasteiger partial charge in [-0.05, 0) is 82.2 Å². The van der Waals surface area contributed by atoms with Crippen LogP contribution in [-0.4, -0.2) is 38.4 Å². The number of fused-ring (bicyclic) bond motifs is 2. The summed E-state index contributed by atoms with van der Waals surface area (Å²) in [6.07, 6.45) is 3.75. The molecule has 3 heterocycles. The fourth-order valence-corrected chi connectivity index (χ4v) is 7.42. The predicted octanol–water partition coefficient (Wildman–Crippen LogP) is 5.12. The Bertz CT molecular complexity index is 1370. The van der Waals surface area contributed by atoms with Gasteiger partial charge in [-0.1, -0.05) is 18.2 Å². The van der Waals surface area contributed by atoms with Crippen LogP contribution in [0, 0.1) is 20.8 Å². The molecule has 0 saturated carbocycles. The number of furan rings is 1. The van der Waals surface area contributed by atoms with Gasteiger partial charge in [-0.3, -0.25) is 9.10 Å². The van der Waals surface area contributed by atoms with E-state index in [0.717, 1.165) is 30.4 Å². The first-order valence-corrected chi connectivity index (χ1v) is 13.1. The van der Waals surface area contributed by atoms with Crippen molar-refractivity contribution in [1.82, 2.24) is 4.90 Å². The maximum atomic E-state index is 14.2. The first kappa shape index (κ1) is 22.0. The summed E-state index contributed by atoms with van der Waals surface area (Å²) in [5.41, 5.74) is 4.24. The lowest BCUT2D eigenvalue weighted by atomic mass is 10.0. The molecule has 1 unspecified atom stereocenters. The average Bonchev–Trinajstić information content (AvgIpc) is 3.30. The van der Waals surface area contributed by atoms with E-state index < -0.39 is 10.0 Å². The van der Waals surface area contributed by atoms with Crippen LogP contribution in [0.3, 0.4) is 0 Å². The van der Waals surface area contributed by atoms with Gasteiger partial charge in [0.15, 0.2) is 11.3 Å². The van der Waals surface area contributed by atoms with Gasteiger partial charge in [0.25, 0.3) is 15.9 Å². The molecule has 1 amide bonds. The van der Waals surface area contributed by atoms with Gasteiger partial charge in [0, 0.05) is 30.1 Å². The molecule has 5 rings (SSSR count). The van der Waals surface area contributed by atoms with Crippen LogP contribution < -0.4 is 4.31 Å². The van der Waals surface area contributed by atoms with Crippen molar-refractivity contribution in [2.45, 2.75) is 64.3 Å². The molecule has 1 aromatic heterocycles. The molecule has 2 aliphatic rings. The van der Waals surface area contributed by atoms with Crippen LogP contribution in [0.15, 0.2) is 39.6 Å². The number of benzene rings is 2. The van der Waals surface area contributed by atoms with Gasteiger partial charge < -0.3 is 9.32 Å². The van der Waals surface area contributed by atoms with Gasteiger partial charge >= 0.3 is 0 Å². The molecule has 0 bridgehead atoms. The molecule has 1 atom stereocenters. The third kappa shape index (κ3) is 3.36. The number of nitrogens with zero attached hydrogens (tertiary/aromatic N) is 2. The predicted molar refractivity (Wildman–Crippen MR) is 129 cm³/mol. The summed E-state index contributed by atoms with van der Waals surface area (Å²) in [6.45, 7) is 8.92. The molecule has 1 saturated heterocycles. The van der Waals surface area contributed by atoms with Crippen molar-refractivity contribution in [2.24, 2.45) is 0 Å². The van der Waals surface area contributed by atoms with Crippen molar-refractivity contribution in [3.63, 3.8) is 0 Å². The smallest absolute Gasteiger partial charge is 0.289 e. The number of hydrogen-bond donors (Lipinski definition) is 0. The zero-order valence-corrected chi connectivity index (χ0v) is 20.5. The minimum Gasteiger partial charge on any atom is -0.449 e. The average molecular weight is 467 g/mol. The molecule has 2 aliphatic heterocycles. The topological polar surface area (TPSA) is 70.8 Å². The maximum absolute atomic E-state index is 14.2. The van der Waals surface area contributed by atoms with E-state index in [0.29, 0.717) is 41.7 Å². The fraction of sp³-hybridized carbons (Fsp3) is 0.423. The van der Waals surface area contributed by atoms with Crippen molar-refractivity contribution in [1.29, 1.82) is 0 Å². The lowest BCUT2D eigenvalue weighted by molar-refractivity contribution is 0.0693. The third-order valence-corrected chi connectivity index (χ3v) is 9.27. The zero-order valence-electron chi connectivity index (χ0n) is 19.6. The highest BCUT2D eigenvalue weighted by Gasteiger charge is 2.39. The van der Waals surface area contributed by atoms with Crippen LogP contribution in [0.2, 0.25) is 0 Å². The van der Waals surface area contributed by atoms with Crippen molar-refractivity contribution in [2.75, 3.05) is 17.4 Å². The minimum atomic E-state index is -3.92. The van der Waals surface area contributed by atoms with Crippen LogP contribution in [0.5, 0.6) is 0 Å². The first-order chi connectivity index (χ1) is 15.7. The Labute approximate surface area is 195 Å². The number of para-hydroxylation sites is 1. The number of anilines is 1. The van der Waals surface area contributed by atoms with Gasteiger partial charge in [0.05, 0.1) is 5.69 Å². The molecule has 7 heteroatoms. The van der Waals surface area contributed by atoms with E-state index in [4.69, 9.17) is 4.42 Å². The lowest BCUT2D eigenvalue weighted by Gasteiger charge is -2.26. The zero-order chi connectivity index (χ0) is 23.5. The van der Waals surface area contributed by atoms with Gasteiger partial charge in [-0.25, -0.2) is 8.42 Å². The largest absolute Gasteiger partial charge is 0.449 e. The number of carbonyl (C=O) groups excluding carboxylic acids is 1. The van der Waals surface area contributed by atoms with E-state index in [1.54, 1.807) is 0 Å². The van der Waals surface area contributed by atoms with Crippen molar-refractivity contribution in [3.05, 3.63) is 58.3 Å². The molecule has 0 N–H and O–H groups in total. The Morgan fingerprint density at radius 3 is 2.45 bits per heavy atom. The third-order valence-electron chi connectivity index (χ3n) is 7.19. The highest BCUT2D eigenvalue weighted by atomic mass is 32.2. The Morgan fingerprint density at radius 2 is 1.73 bits per heavy atom. The SMILES string of the molecule is Cc1cc2c(C)c(C(=O)N3CCCCC3)oc2c(S(=O)(=O)N2c3ccccc3CC2C)c1C. The lowest BCUT2D eigenvalue weighted by Crippen LogP contribution is -2.36. The van der Waals surface area contributed by atoms with E-state index in [-0.39, 0.29) is 28.2 Å². The molecule has 0 spiro atoms.